The van der Waals surface area contributed by atoms with E-state index in [0.717, 1.165) is 25.9 Å². The van der Waals surface area contributed by atoms with E-state index in [0.29, 0.717) is 13.1 Å². The highest BCUT2D eigenvalue weighted by molar-refractivity contribution is 5.78. The van der Waals surface area contributed by atoms with Crippen LogP contribution in [-0.4, -0.2) is 54.1 Å². The molecule has 1 saturated heterocycles. The van der Waals surface area contributed by atoms with Gasteiger partial charge in [0, 0.05) is 32.2 Å². The first-order valence-electron chi connectivity index (χ1n) is 8.05. The maximum Gasteiger partial charge on any atom is 0.236 e. The number of piperidine rings is 1. The van der Waals surface area contributed by atoms with Crippen LogP contribution in [0.3, 0.4) is 0 Å². The number of amides is 1. The monoisotopic (exact) mass is 304 g/mol. The number of carbonyl (C=O) groups is 1. The summed E-state index contributed by atoms with van der Waals surface area (Å²) in [4.78, 5) is 16.4. The molecule has 1 aromatic rings. The van der Waals surface area contributed by atoms with Crippen molar-refractivity contribution >= 4 is 5.91 Å². The lowest BCUT2D eigenvalue weighted by Crippen LogP contribution is -2.47. The average molecular weight is 304 g/mol. The Morgan fingerprint density at radius 1 is 1.41 bits per heavy atom. The SMILES string of the molecule is Cc1ccccc1CN(C)C(=O)CN1CCCC(C)(CO)C1. The molecule has 1 N–H and O–H groups in total. The molecule has 1 aliphatic rings. The molecule has 0 radical (unpaired) electrons. The van der Waals surface area contributed by atoms with E-state index in [9.17, 15) is 9.90 Å². The number of nitrogens with zero attached hydrogens (tertiary/aromatic N) is 2. The molecule has 1 aliphatic heterocycles. The molecule has 1 aromatic carbocycles. The van der Waals surface area contributed by atoms with Gasteiger partial charge in [0.1, 0.15) is 0 Å². The van der Waals surface area contributed by atoms with E-state index in [1.807, 2.05) is 19.2 Å². The third-order valence-corrected chi connectivity index (χ3v) is 4.70. The maximum absolute atomic E-state index is 12.4. The zero-order valence-electron chi connectivity index (χ0n) is 14.0. The lowest BCUT2D eigenvalue weighted by Gasteiger charge is -2.39. The molecule has 22 heavy (non-hydrogen) atoms. The predicted molar refractivity (Wildman–Crippen MR) is 88.5 cm³/mol. The van der Waals surface area contributed by atoms with Crippen molar-refractivity contribution in [2.45, 2.75) is 33.2 Å². The molecule has 1 unspecified atom stereocenters. The second kappa shape index (κ2) is 7.25. The van der Waals surface area contributed by atoms with Gasteiger partial charge in [-0.2, -0.15) is 0 Å². The third kappa shape index (κ3) is 4.31. The molecule has 122 valence electrons. The van der Waals surface area contributed by atoms with Gasteiger partial charge in [-0.1, -0.05) is 31.2 Å². The van der Waals surface area contributed by atoms with Crippen molar-refractivity contribution in [3.05, 3.63) is 35.4 Å². The number of aryl methyl sites for hydroxylation is 1. The van der Waals surface area contributed by atoms with Gasteiger partial charge in [-0.25, -0.2) is 0 Å². The van der Waals surface area contributed by atoms with Crippen molar-refractivity contribution < 1.29 is 9.90 Å². The number of aliphatic hydroxyl groups excluding tert-OH is 1. The summed E-state index contributed by atoms with van der Waals surface area (Å²) < 4.78 is 0. The highest BCUT2D eigenvalue weighted by Gasteiger charge is 2.31. The van der Waals surface area contributed by atoms with Crippen molar-refractivity contribution in [2.75, 3.05) is 33.3 Å². The summed E-state index contributed by atoms with van der Waals surface area (Å²) >= 11 is 0. The van der Waals surface area contributed by atoms with Crippen LogP contribution in [0.15, 0.2) is 24.3 Å². The highest BCUT2D eigenvalue weighted by Crippen LogP contribution is 2.28. The number of likely N-dealkylation sites (tertiary alicyclic amines) is 1. The molecule has 0 aromatic heterocycles. The third-order valence-electron chi connectivity index (χ3n) is 4.70. The Hall–Kier alpha value is -1.39. The Kier molecular flexibility index (Phi) is 5.59. The Labute approximate surface area is 133 Å². The Balaban J connectivity index is 1.90. The van der Waals surface area contributed by atoms with Crippen molar-refractivity contribution in [3.63, 3.8) is 0 Å². The van der Waals surface area contributed by atoms with Gasteiger partial charge < -0.3 is 10.0 Å². The molecular formula is C18H28N2O2. The molecule has 0 bridgehead atoms. The predicted octanol–water partition coefficient (Wildman–Crippen LogP) is 2.05. The molecular weight excluding hydrogens is 276 g/mol. The van der Waals surface area contributed by atoms with E-state index >= 15 is 0 Å². The van der Waals surface area contributed by atoms with E-state index in [4.69, 9.17) is 0 Å². The van der Waals surface area contributed by atoms with Crippen molar-refractivity contribution in [1.82, 2.24) is 9.80 Å². The van der Waals surface area contributed by atoms with Gasteiger partial charge in [-0.05, 0) is 37.4 Å². The number of likely N-dealkylation sites (N-methyl/N-ethyl adjacent to an activating group) is 1. The van der Waals surface area contributed by atoms with Crippen molar-refractivity contribution in [1.29, 1.82) is 0 Å². The molecule has 0 spiro atoms. The van der Waals surface area contributed by atoms with Gasteiger partial charge in [0.25, 0.3) is 0 Å². The molecule has 1 atom stereocenters. The summed E-state index contributed by atoms with van der Waals surface area (Å²) in [7, 11) is 1.87. The molecule has 0 aliphatic carbocycles. The minimum Gasteiger partial charge on any atom is -0.396 e. The van der Waals surface area contributed by atoms with E-state index in [-0.39, 0.29) is 17.9 Å². The quantitative estimate of drug-likeness (QED) is 0.905. The number of hydrogen-bond acceptors (Lipinski definition) is 3. The molecule has 1 heterocycles. The fraction of sp³-hybridized carbons (Fsp3) is 0.611. The largest absolute Gasteiger partial charge is 0.396 e. The van der Waals surface area contributed by atoms with Crippen LogP contribution in [0.25, 0.3) is 0 Å². The minimum atomic E-state index is -0.0624. The van der Waals surface area contributed by atoms with E-state index in [1.54, 1.807) is 4.90 Å². The van der Waals surface area contributed by atoms with Crippen LogP contribution in [0.1, 0.15) is 30.9 Å². The Morgan fingerprint density at radius 2 is 2.14 bits per heavy atom. The molecule has 0 saturated carbocycles. The van der Waals surface area contributed by atoms with Crippen molar-refractivity contribution in [2.24, 2.45) is 5.41 Å². The zero-order valence-corrected chi connectivity index (χ0v) is 14.0. The van der Waals surface area contributed by atoms with Crippen LogP contribution in [0, 0.1) is 12.3 Å². The molecule has 4 heteroatoms. The van der Waals surface area contributed by atoms with Crippen LogP contribution in [0.2, 0.25) is 0 Å². The highest BCUT2D eigenvalue weighted by atomic mass is 16.3. The summed E-state index contributed by atoms with van der Waals surface area (Å²) in [6, 6.07) is 8.18. The summed E-state index contributed by atoms with van der Waals surface area (Å²) in [5.74, 6) is 0.144. The van der Waals surface area contributed by atoms with Crippen LogP contribution in [-0.2, 0) is 11.3 Å². The topological polar surface area (TPSA) is 43.8 Å². The second-order valence-corrected chi connectivity index (χ2v) is 6.96. The summed E-state index contributed by atoms with van der Waals surface area (Å²) in [5, 5.41) is 9.51. The van der Waals surface area contributed by atoms with Crippen LogP contribution in [0.4, 0.5) is 0 Å². The maximum atomic E-state index is 12.4. The van der Waals surface area contributed by atoms with Crippen LogP contribution < -0.4 is 0 Å². The first-order chi connectivity index (χ1) is 10.4. The van der Waals surface area contributed by atoms with Gasteiger partial charge >= 0.3 is 0 Å². The fourth-order valence-electron chi connectivity index (χ4n) is 3.13. The number of hydrogen-bond donors (Lipinski definition) is 1. The van der Waals surface area contributed by atoms with Gasteiger partial charge in [-0.15, -0.1) is 0 Å². The number of aliphatic hydroxyl groups is 1. The molecule has 2 rings (SSSR count). The lowest BCUT2D eigenvalue weighted by atomic mass is 9.83. The van der Waals surface area contributed by atoms with Gasteiger partial charge in [0.05, 0.1) is 6.54 Å². The zero-order chi connectivity index (χ0) is 16.2. The van der Waals surface area contributed by atoms with Gasteiger partial charge in [0.2, 0.25) is 5.91 Å². The first kappa shape index (κ1) is 17.0. The summed E-state index contributed by atoms with van der Waals surface area (Å²) in [6.45, 7) is 7.20. The second-order valence-electron chi connectivity index (χ2n) is 6.96. The number of carbonyl (C=O) groups excluding carboxylic acids is 1. The first-order valence-corrected chi connectivity index (χ1v) is 8.05. The Morgan fingerprint density at radius 3 is 2.82 bits per heavy atom. The van der Waals surface area contributed by atoms with E-state index in [2.05, 4.69) is 30.9 Å². The van der Waals surface area contributed by atoms with Gasteiger partial charge in [-0.3, -0.25) is 9.69 Å². The van der Waals surface area contributed by atoms with E-state index < -0.39 is 0 Å². The van der Waals surface area contributed by atoms with Crippen LogP contribution in [0.5, 0.6) is 0 Å². The minimum absolute atomic E-state index is 0.0624. The number of benzene rings is 1. The smallest absolute Gasteiger partial charge is 0.236 e. The summed E-state index contributed by atoms with van der Waals surface area (Å²) in [6.07, 6.45) is 2.08. The van der Waals surface area contributed by atoms with Gasteiger partial charge in [0.15, 0.2) is 0 Å². The van der Waals surface area contributed by atoms with Crippen molar-refractivity contribution in [3.8, 4) is 0 Å². The van der Waals surface area contributed by atoms with Crippen LogP contribution >= 0.6 is 0 Å². The molecule has 1 fully saturated rings. The standard InChI is InChI=1S/C18H28N2O2/c1-15-7-4-5-8-16(15)11-19(3)17(22)12-20-10-6-9-18(2,13-20)14-21/h4-5,7-8,21H,6,9-14H2,1-3H3. The number of rotatable bonds is 5. The summed E-state index contributed by atoms with van der Waals surface area (Å²) in [5.41, 5.74) is 2.35. The Bertz CT molecular complexity index is 518. The van der Waals surface area contributed by atoms with E-state index in [1.165, 1.54) is 11.1 Å². The molecule has 1 amide bonds. The normalized spacial score (nSPS) is 22.5. The average Bonchev–Trinajstić information content (AvgIpc) is 2.49. The fourth-order valence-corrected chi connectivity index (χ4v) is 3.13. The lowest BCUT2D eigenvalue weighted by molar-refractivity contribution is -0.132. The molecule has 4 nitrogen and oxygen atoms in total.